The van der Waals surface area contributed by atoms with Crippen molar-refractivity contribution in [2.24, 2.45) is 0 Å². The molecule has 0 aliphatic carbocycles. The number of para-hydroxylation sites is 1. The number of nitrogens with zero attached hydrogens (tertiary/aromatic N) is 1. The summed E-state index contributed by atoms with van der Waals surface area (Å²) in [6.45, 7) is 0.233. The lowest BCUT2D eigenvalue weighted by molar-refractivity contribution is -0.121. The molecule has 1 N–H and O–H groups in total. The van der Waals surface area contributed by atoms with Crippen LogP contribution in [0.4, 0.5) is 4.39 Å². The predicted molar refractivity (Wildman–Crippen MR) is 97.8 cm³/mol. The van der Waals surface area contributed by atoms with Crippen LogP contribution in [0.2, 0.25) is 0 Å². The molecule has 3 aromatic rings. The van der Waals surface area contributed by atoms with E-state index in [1.807, 2.05) is 18.2 Å². The molecule has 0 radical (unpaired) electrons. The molecule has 3 nitrogen and oxygen atoms in total. The quantitative estimate of drug-likeness (QED) is 0.494. The van der Waals surface area contributed by atoms with Crippen molar-refractivity contribution in [2.45, 2.75) is 23.7 Å². The molecular formula is C18H17FN2OS2. The zero-order valence-corrected chi connectivity index (χ0v) is 14.6. The molecule has 2 aromatic carbocycles. The maximum atomic E-state index is 13.5. The number of carbonyl (C=O) groups excluding carboxylic acids is 1. The second-order valence-corrected chi connectivity index (χ2v) is 7.64. The molecule has 1 aromatic heterocycles. The van der Waals surface area contributed by atoms with Gasteiger partial charge in [0, 0.05) is 24.3 Å². The normalized spacial score (nSPS) is 10.9. The average Bonchev–Trinajstić information content (AvgIpc) is 3.01. The Morgan fingerprint density at radius 1 is 1.17 bits per heavy atom. The molecule has 124 valence electrons. The molecule has 3 rings (SSSR count). The molecule has 1 heterocycles. The number of aromatic nitrogens is 1. The lowest BCUT2D eigenvalue weighted by Gasteiger charge is -2.06. The van der Waals surface area contributed by atoms with E-state index in [4.69, 9.17) is 0 Å². The van der Waals surface area contributed by atoms with Gasteiger partial charge in [-0.1, -0.05) is 42.1 Å². The maximum Gasteiger partial charge on any atom is 0.220 e. The molecule has 0 unspecified atom stereocenters. The molecule has 0 spiro atoms. The summed E-state index contributed by atoms with van der Waals surface area (Å²) in [6, 6.07) is 14.5. The van der Waals surface area contributed by atoms with E-state index < -0.39 is 0 Å². The minimum absolute atomic E-state index is 0.0526. The Bertz CT molecular complexity index is 802. The zero-order chi connectivity index (χ0) is 16.8. The number of thioether (sulfide) groups is 1. The van der Waals surface area contributed by atoms with E-state index >= 15 is 0 Å². The van der Waals surface area contributed by atoms with Crippen LogP contribution in [0.25, 0.3) is 10.2 Å². The fraction of sp³-hybridized carbons (Fsp3) is 0.222. The molecule has 6 heteroatoms. The van der Waals surface area contributed by atoms with Gasteiger partial charge in [0.2, 0.25) is 5.91 Å². The number of fused-ring (bicyclic) bond motifs is 1. The topological polar surface area (TPSA) is 42.0 Å². The van der Waals surface area contributed by atoms with Crippen molar-refractivity contribution >= 4 is 39.2 Å². The fourth-order valence-corrected chi connectivity index (χ4v) is 4.31. The molecule has 0 fully saturated rings. The number of carbonyl (C=O) groups is 1. The van der Waals surface area contributed by atoms with Crippen molar-refractivity contribution in [3.05, 3.63) is 59.9 Å². The zero-order valence-electron chi connectivity index (χ0n) is 13.0. The third kappa shape index (κ3) is 4.55. The van der Waals surface area contributed by atoms with Gasteiger partial charge in [0.25, 0.3) is 0 Å². The summed E-state index contributed by atoms with van der Waals surface area (Å²) in [5.41, 5.74) is 1.53. The van der Waals surface area contributed by atoms with Crippen molar-refractivity contribution in [3.63, 3.8) is 0 Å². The number of halogens is 1. The smallest absolute Gasteiger partial charge is 0.220 e. The first-order valence-electron chi connectivity index (χ1n) is 7.71. The minimum atomic E-state index is -0.288. The van der Waals surface area contributed by atoms with Gasteiger partial charge in [0.15, 0.2) is 4.34 Å². The van der Waals surface area contributed by atoms with Crippen molar-refractivity contribution < 1.29 is 9.18 Å². The van der Waals surface area contributed by atoms with Crippen LogP contribution in [0.5, 0.6) is 0 Å². The number of hydrogen-bond acceptors (Lipinski definition) is 4. The molecule has 24 heavy (non-hydrogen) atoms. The van der Waals surface area contributed by atoms with Crippen LogP contribution in [0, 0.1) is 5.82 Å². The predicted octanol–water partition coefficient (Wildman–Crippen LogP) is 4.62. The van der Waals surface area contributed by atoms with Gasteiger partial charge in [-0.15, -0.1) is 11.3 Å². The summed E-state index contributed by atoms with van der Waals surface area (Å²) in [5.74, 6) is 0.500. The highest BCUT2D eigenvalue weighted by molar-refractivity contribution is 8.01. The lowest BCUT2D eigenvalue weighted by atomic mass is 10.2. The average molecular weight is 360 g/mol. The lowest BCUT2D eigenvalue weighted by Crippen LogP contribution is -2.23. The highest BCUT2D eigenvalue weighted by Gasteiger charge is 2.06. The third-order valence-corrected chi connectivity index (χ3v) is 5.75. The number of amides is 1. The first-order chi connectivity index (χ1) is 11.7. The highest BCUT2D eigenvalue weighted by atomic mass is 32.2. The van der Waals surface area contributed by atoms with Crippen LogP contribution < -0.4 is 5.32 Å². The Hall–Kier alpha value is -1.92. The molecule has 0 saturated heterocycles. The number of rotatable bonds is 7. The summed E-state index contributed by atoms with van der Waals surface area (Å²) in [5, 5.41) is 2.76. The van der Waals surface area contributed by atoms with Crippen LogP contribution in [-0.2, 0) is 11.3 Å². The van der Waals surface area contributed by atoms with Crippen molar-refractivity contribution in [1.82, 2.24) is 10.3 Å². The molecule has 0 aliphatic rings. The van der Waals surface area contributed by atoms with Gasteiger partial charge in [0.1, 0.15) is 5.82 Å². The minimum Gasteiger partial charge on any atom is -0.352 e. The molecule has 0 bridgehead atoms. The maximum absolute atomic E-state index is 13.5. The van der Waals surface area contributed by atoms with Crippen LogP contribution in [0.3, 0.4) is 0 Å². The van der Waals surface area contributed by atoms with Gasteiger partial charge >= 0.3 is 0 Å². The fourth-order valence-electron chi connectivity index (χ4n) is 2.23. The van der Waals surface area contributed by atoms with Crippen LogP contribution >= 0.6 is 23.1 Å². The van der Waals surface area contributed by atoms with Crippen LogP contribution in [0.15, 0.2) is 52.9 Å². The summed E-state index contributed by atoms with van der Waals surface area (Å²) in [7, 11) is 0. The van der Waals surface area contributed by atoms with E-state index in [1.165, 1.54) is 10.8 Å². The molecular weight excluding hydrogens is 343 g/mol. The number of hydrogen-bond donors (Lipinski definition) is 1. The summed E-state index contributed by atoms with van der Waals surface area (Å²) in [4.78, 5) is 16.4. The Morgan fingerprint density at radius 2 is 1.96 bits per heavy atom. The van der Waals surface area contributed by atoms with Gasteiger partial charge in [-0.05, 0) is 24.6 Å². The van der Waals surface area contributed by atoms with Gasteiger partial charge in [-0.25, -0.2) is 9.37 Å². The van der Waals surface area contributed by atoms with E-state index in [2.05, 4.69) is 16.4 Å². The van der Waals surface area contributed by atoms with E-state index in [-0.39, 0.29) is 18.3 Å². The van der Waals surface area contributed by atoms with Gasteiger partial charge in [-0.3, -0.25) is 4.79 Å². The second kappa shape index (κ2) is 8.26. The first kappa shape index (κ1) is 16.9. The Morgan fingerprint density at radius 3 is 2.79 bits per heavy atom. The van der Waals surface area contributed by atoms with Gasteiger partial charge in [0.05, 0.1) is 10.2 Å². The number of nitrogens with one attached hydrogen (secondary N) is 1. The van der Waals surface area contributed by atoms with Crippen molar-refractivity contribution in [3.8, 4) is 0 Å². The van der Waals surface area contributed by atoms with E-state index in [0.29, 0.717) is 12.0 Å². The number of benzene rings is 2. The SMILES string of the molecule is O=C(CCCSc1nc2ccccc2s1)NCc1ccccc1F. The summed E-state index contributed by atoms with van der Waals surface area (Å²) in [6.07, 6.45) is 1.20. The van der Waals surface area contributed by atoms with Crippen molar-refractivity contribution in [1.29, 1.82) is 0 Å². The number of thiazole rings is 1. The monoisotopic (exact) mass is 360 g/mol. The van der Waals surface area contributed by atoms with E-state index in [1.54, 1.807) is 41.3 Å². The molecule has 0 aliphatic heterocycles. The standard InChI is InChI=1S/C18H17FN2OS2/c19-14-7-2-1-6-13(14)12-20-17(22)10-5-11-23-18-21-15-8-3-4-9-16(15)24-18/h1-4,6-9H,5,10-12H2,(H,20,22). The van der Waals surface area contributed by atoms with Gasteiger partial charge in [-0.2, -0.15) is 0 Å². The summed E-state index contributed by atoms with van der Waals surface area (Å²) < 4.78 is 15.7. The van der Waals surface area contributed by atoms with Crippen LogP contribution in [0.1, 0.15) is 18.4 Å². The van der Waals surface area contributed by atoms with E-state index in [9.17, 15) is 9.18 Å². The largest absolute Gasteiger partial charge is 0.352 e. The van der Waals surface area contributed by atoms with Crippen molar-refractivity contribution in [2.75, 3.05) is 5.75 Å². The second-order valence-electron chi connectivity index (χ2n) is 5.27. The van der Waals surface area contributed by atoms with Crippen LogP contribution in [-0.4, -0.2) is 16.6 Å². The summed E-state index contributed by atoms with van der Waals surface area (Å²) >= 11 is 3.35. The Balaban J connectivity index is 1.38. The van der Waals surface area contributed by atoms with E-state index in [0.717, 1.165) is 22.0 Å². The highest BCUT2D eigenvalue weighted by Crippen LogP contribution is 2.29. The molecule has 0 atom stereocenters. The Labute approximate surface area is 148 Å². The van der Waals surface area contributed by atoms with Gasteiger partial charge < -0.3 is 5.32 Å². The molecule has 0 saturated carbocycles. The Kier molecular flexibility index (Phi) is 5.82. The first-order valence-corrected chi connectivity index (χ1v) is 9.51. The molecule has 1 amide bonds. The third-order valence-electron chi connectivity index (χ3n) is 3.48.